The molecule has 2 atom stereocenters. The van der Waals surface area contributed by atoms with Crippen molar-refractivity contribution >= 4 is 5.57 Å². The van der Waals surface area contributed by atoms with Gasteiger partial charge in [-0.15, -0.1) is 0 Å². The van der Waals surface area contributed by atoms with Crippen LogP contribution in [0.3, 0.4) is 0 Å². The number of hydrogen-bond acceptors (Lipinski definition) is 1. The zero-order chi connectivity index (χ0) is 13.3. The van der Waals surface area contributed by atoms with Crippen LogP contribution in [0, 0.1) is 12.8 Å². The molecule has 0 aliphatic heterocycles. The van der Waals surface area contributed by atoms with E-state index in [1.54, 1.807) is 0 Å². The summed E-state index contributed by atoms with van der Waals surface area (Å²) in [6, 6.07) is 4.54. The molecule has 0 heterocycles. The Hall–Kier alpha value is -1.34. The van der Waals surface area contributed by atoms with E-state index in [-0.39, 0.29) is 6.10 Å². The van der Waals surface area contributed by atoms with Crippen LogP contribution in [0.4, 0.5) is 0 Å². The largest absolute Gasteiger partial charge is 0.376 e. The summed E-state index contributed by atoms with van der Waals surface area (Å²) in [7, 11) is 1.81. The molecule has 0 amide bonds. The number of benzene rings is 1. The Kier molecular flexibility index (Phi) is 3.72. The number of ether oxygens (including phenoxy) is 1. The third kappa shape index (κ3) is 2.04. The predicted octanol–water partition coefficient (Wildman–Crippen LogP) is 4.46. The second-order valence-corrected chi connectivity index (χ2v) is 5.17. The van der Waals surface area contributed by atoms with E-state index in [4.69, 9.17) is 4.74 Å². The Morgan fingerprint density at radius 1 is 1.44 bits per heavy atom. The van der Waals surface area contributed by atoms with Gasteiger partial charge in [-0.1, -0.05) is 43.4 Å². The molecule has 96 valence electrons. The molecule has 2 rings (SSSR count). The lowest BCUT2D eigenvalue weighted by atomic mass is 9.94. The smallest absolute Gasteiger partial charge is 0.0852 e. The van der Waals surface area contributed by atoms with Crippen molar-refractivity contribution in [2.24, 2.45) is 5.92 Å². The van der Waals surface area contributed by atoms with E-state index in [1.165, 1.54) is 27.8 Å². The van der Waals surface area contributed by atoms with Crippen molar-refractivity contribution in [3.05, 3.63) is 53.1 Å². The van der Waals surface area contributed by atoms with Gasteiger partial charge >= 0.3 is 0 Å². The quantitative estimate of drug-likeness (QED) is 0.711. The summed E-state index contributed by atoms with van der Waals surface area (Å²) in [6.07, 6.45) is 5.41. The summed E-state index contributed by atoms with van der Waals surface area (Å²) < 4.78 is 5.66. The van der Waals surface area contributed by atoms with Gasteiger partial charge in [-0.05, 0) is 48.4 Å². The molecule has 1 nitrogen and oxygen atoms in total. The van der Waals surface area contributed by atoms with Gasteiger partial charge in [0.25, 0.3) is 0 Å². The molecule has 0 fully saturated rings. The van der Waals surface area contributed by atoms with E-state index in [2.05, 4.69) is 45.6 Å². The van der Waals surface area contributed by atoms with E-state index >= 15 is 0 Å². The maximum atomic E-state index is 5.66. The molecule has 0 spiro atoms. The maximum Gasteiger partial charge on any atom is 0.0852 e. The number of allylic oxidation sites excluding steroid dienone is 3. The van der Waals surface area contributed by atoms with Crippen molar-refractivity contribution in [2.45, 2.75) is 33.3 Å². The average Bonchev–Trinajstić information content (AvgIpc) is 2.66. The Balaban J connectivity index is 2.62. The van der Waals surface area contributed by atoms with E-state index in [1.807, 2.05) is 13.2 Å². The van der Waals surface area contributed by atoms with Crippen LogP contribution in [-0.2, 0) is 11.2 Å². The van der Waals surface area contributed by atoms with Crippen LogP contribution in [0.15, 0.2) is 30.9 Å². The van der Waals surface area contributed by atoms with E-state index in [9.17, 15) is 0 Å². The summed E-state index contributed by atoms with van der Waals surface area (Å²) in [5.74, 6) is 0.550. The number of methoxy groups -OCH3 is 1. The lowest BCUT2D eigenvalue weighted by Crippen LogP contribution is -2.05. The summed E-state index contributed by atoms with van der Waals surface area (Å²) in [4.78, 5) is 0. The minimum Gasteiger partial charge on any atom is -0.376 e. The van der Waals surface area contributed by atoms with Gasteiger partial charge in [0.1, 0.15) is 0 Å². The summed E-state index contributed by atoms with van der Waals surface area (Å²) in [5, 5.41) is 0. The van der Waals surface area contributed by atoms with Crippen molar-refractivity contribution in [1.29, 1.82) is 0 Å². The van der Waals surface area contributed by atoms with Crippen molar-refractivity contribution < 1.29 is 4.74 Å². The lowest BCUT2D eigenvalue weighted by molar-refractivity contribution is 0.0695. The molecular weight excluding hydrogens is 220 g/mol. The average molecular weight is 242 g/mol. The van der Waals surface area contributed by atoms with Crippen molar-refractivity contribution in [1.82, 2.24) is 0 Å². The highest BCUT2D eigenvalue weighted by atomic mass is 16.5. The van der Waals surface area contributed by atoms with Gasteiger partial charge in [0, 0.05) is 7.11 Å². The topological polar surface area (TPSA) is 9.23 Å². The van der Waals surface area contributed by atoms with Gasteiger partial charge < -0.3 is 4.74 Å². The van der Waals surface area contributed by atoms with Crippen LogP contribution < -0.4 is 0 Å². The first-order chi connectivity index (χ1) is 8.62. The normalized spacial score (nSPS) is 23.0. The highest BCUT2D eigenvalue weighted by molar-refractivity contribution is 5.77. The highest BCUT2D eigenvalue weighted by Crippen LogP contribution is 2.42. The number of hydrogen-bond donors (Lipinski definition) is 0. The third-order valence-electron chi connectivity index (χ3n) is 3.87. The Bertz CT molecular complexity index is 497. The molecule has 1 aromatic carbocycles. The van der Waals surface area contributed by atoms with Crippen LogP contribution in [0.5, 0.6) is 0 Å². The molecule has 1 aliphatic carbocycles. The van der Waals surface area contributed by atoms with Crippen LogP contribution in [-0.4, -0.2) is 7.11 Å². The molecule has 2 unspecified atom stereocenters. The number of aryl methyl sites for hydroxylation is 1. The molecule has 1 aromatic rings. The second-order valence-electron chi connectivity index (χ2n) is 5.17. The standard InChI is InChI=1S/C17H22O/c1-6-13(7-2)14-8-11(3)9-16-15(14)10-12(4)17(16)18-5/h6-9,12,17H,1,10H2,2-5H3/b13-7+. The molecule has 0 saturated carbocycles. The van der Waals surface area contributed by atoms with Crippen LogP contribution in [0.1, 0.15) is 42.2 Å². The van der Waals surface area contributed by atoms with Gasteiger partial charge in [-0.25, -0.2) is 0 Å². The fourth-order valence-electron chi connectivity index (χ4n) is 3.06. The summed E-state index contributed by atoms with van der Waals surface area (Å²) >= 11 is 0. The molecule has 0 aromatic heterocycles. The zero-order valence-electron chi connectivity index (χ0n) is 11.8. The van der Waals surface area contributed by atoms with E-state index < -0.39 is 0 Å². The number of fused-ring (bicyclic) bond motifs is 1. The fourth-order valence-corrected chi connectivity index (χ4v) is 3.06. The van der Waals surface area contributed by atoms with Gasteiger partial charge in [-0.3, -0.25) is 0 Å². The predicted molar refractivity (Wildman–Crippen MR) is 77.6 cm³/mol. The first kappa shape index (κ1) is 13.1. The summed E-state index contributed by atoms with van der Waals surface area (Å²) in [6.45, 7) is 10.4. The Morgan fingerprint density at radius 2 is 2.17 bits per heavy atom. The maximum absolute atomic E-state index is 5.66. The van der Waals surface area contributed by atoms with E-state index in [0.29, 0.717) is 5.92 Å². The van der Waals surface area contributed by atoms with Crippen LogP contribution in [0.25, 0.3) is 5.57 Å². The highest BCUT2D eigenvalue weighted by Gasteiger charge is 2.31. The Labute approximate surface area is 110 Å². The van der Waals surface area contributed by atoms with Crippen molar-refractivity contribution in [3.63, 3.8) is 0 Å². The minimum atomic E-state index is 0.238. The number of rotatable bonds is 3. The SMILES string of the molecule is C=C/C(=C\C)c1cc(C)cc2c1CC(C)C2OC. The monoisotopic (exact) mass is 242 g/mol. The molecule has 0 saturated heterocycles. The van der Waals surface area contributed by atoms with Crippen LogP contribution >= 0.6 is 0 Å². The minimum absolute atomic E-state index is 0.238. The molecule has 1 heteroatoms. The molecule has 1 aliphatic rings. The zero-order valence-corrected chi connectivity index (χ0v) is 11.8. The van der Waals surface area contributed by atoms with Crippen molar-refractivity contribution in [2.75, 3.05) is 7.11 Å². The second kappa shape index (κ2) is 5.11. The first-order valence-electron chi connectivity index (χ1n) is 6.57. The van der Waals surface area contributed by atoms with Crippen molar-refractivity contribution in [3.8, 4) is 0 Å². The summed E-state index contributed by atoms with van der Waals surface area (Å²) in [5.41, 5.74) is 6.64. The first-order valence-corrected chi connectivity index (χ1v) is 6.57. The Morgan fingerprint density at radius 3 is 2.72 bits per heavy atom. The molecular formula is C17H22O. The van der Waals surface area contributed by atoms with Gasteiger partial charge in [0.05, 0.1) is 6.10 Å². The molecule has 18 heavy (non-hydrogen) atoms. The lowest BCUT2D eigenvalue weighted by Gasteiger charge is -2.15. The molecule has 0 radical (unpaired) electrons. The molecule has 0 bridgehead atoms. The molecule has 0 N–H and O–H groups in total. The van der Waals surface area contributed by atoms with Gasteiger partial charge in [0.15, 0.2) is 0 Å². The van der Waals surface area contributed by atoms with Gasteiger partial charge in [-0.2, -0.15) is 0 Å². The third-order valence-corrected chi connectivity index (χ3v) is 3.87. The fraction of sp³-hybridized carbons (Fsp3) is 0.412. The van der Waals surface area contributed by atoms with E-state index in [0.717, 1.165) is 6.42 Å². The van der Waals surface area contributed by atoms with Crippen LogP contribution in [0.2, 0.25) is 0 Å². The van der Waals surface area contributed by atoms with Gasteiger partial charge in [0.2, 0.25) is 0 Å².